The lowest BCUT2D eigenvalue weighted by atomic mass is 9.86. The first-order valence-corrected chi connectivity index (χ1v) is 7.89. The van der Waals surface area contributed by atoms with Gasteiger partial charge in [0.15, 0.2) is 0 Å². The van der Waals surface area contributed by atoms with Crippen LogP contribution in [0, 0.1) is 5.92 Å². The summed E-state index contributed by atoms with van der Waals surface area (Å²) in [5.74, 6) is 1.67. The molecule has 112 valence electrons. The molecule has 1 aromatic carbocycles. The zero-order valence-electron chi connectivity index (χ0n) is 12.7. The highest BCUT2D eigenvalue weighted by atomic mass is 16.5. The summed E-state index contributed by atoms with van der Waals surface area (Å²) >= 11 is 0. The lowest BCUT2D eigenvalue weighted by Crippen LogP contribution is -2.32. The van der Waals surface area contributed by atoms with Crippen molar-refractivity contribution < 1.29 is 9.47 Å². The molecular formula is C17H27NO2. The first-order valence-electron chi connectivity index (χ1n) is 7.89. The van der Waals surface area contributed by atoms with Crippen LogP contribution in [0.15, 0.2) is 24.3 Å². The minimum atomic E-state index is 0.372. The molecule has 0 saturated carbocycles. The standard InChI is InChI=1S/C17H27NO2/c1-3-11-20-16-8-6-5-7-15(16)17(18-4-2)14-9-12-19-13-10-14/h5-8,14,17-18H,3-4,9-13H2,1-2H3. The number of hydrogen-bond donors (Lipinski definition) is 1. The van der Waals surface area contributed by atoms with Gasteiger partial charge in [-0.05, 0) is 37.8 Å². The van der Waals surface area contributed by atoms with Gasteiger partial charge in [-0.15, -0.1) is 0 Å². The van der Waals surface area contributed by atoms with Crippen LogP contribution in [0.3, 0.4) is 0 Å². The summed E-state index contributed by atoms with van der Waals surface area (Å²) in [4.78, 5) is 0. The fourth-order valence-electron chi connectivity index (χ4n) is 2.88. The Labute approximate surface area is 122 Å². The fraction of sp³-hybridized carbons (Fsp3) is 0.647. The molecule has 0 aliphatic carbocycles. The van der Waals surface area contributed by atoms with Gasteiger partial charge < -0.3 is 14.8 Å². The third kappa shape index (κ3) is 3.97. The lowest BCUT2D eigenvalue weighted by Gasteiger charge is -2.32. The Hall–Kier alpha value is -1.06. The highest BCUT2D eigenvalue weighted by Crippen LogP contribution is 2.35. The third-order valence-corrected chi connectivity index (χ3v) is 3.88. The minimum Gasteiger partial charge on any atom is -0.493 e. The van der Waals surface area contributed by atoms with Crippen molar-refractivity contribution >= 4 is 0 Å². The molecule has 0 spiro atoms. The molecule has 1 heterocycles. The summed E-state index contributed by atoms with van der Waals surface area (Å²) < 4.78 is 11.4. The average molecular weight is 277 g/mol. The lowest BCUT2D eigenvalue weighted by molar-refractivity contribution is 0.0534. The summed E-state index contributed by atoms with van der Waals surface area (Å²) in [5, 5.41) is 3.65. The van der Waals surface area contributed by atoms with Crippen molar-refractivity contribution in [2.45, 2.75) is 39.2 Å². The highest BCUT2D eigenvalue weighted by Gasteiger charge is 2.26. The molecule has 1 aliphatic heterocycles. The van der Waals surface area contributed by atoms with Crippen LogP contribution in [0.5, 0.6) is 5.75 Å². The molecular weight excluding hydrogens is 250 g/mol. The van der Waals surface area contributed by atoms with Crippen molar-refractivity contribution in [1.82, 2.24) is 5.32 Å². The van der Waals surface area contributed by atoms with Gasteiger partial charge in [0, 0.05) is 24.8 Å². The number of nitrogens with one attached hydrogen (secondary N) is 1. The van der Waals surface area contributed by atoms with Crippen molar-refractivity contribution in [3.05, 3.63) is 29.8 Å². The number of para-hydroxylation sites is 1. The van der Waals surface area contributed by atoms with Gasteiger partial charge in [0.1, 0.15) is 5.75 Å². The van der Waals surface area contributed by atoms with E-state index < -0.39 is 0 Å². The summed E-state index contributed by atoms with van der Waals surface area (Å²) in [7, 11) is 0. The highest BCUT2D eigenvalue weighted by molar-refractivity contribution is 5.36. The van der Waals surface area contributed by atoms with Gasteiger partial charge in [0.2, 0.25) is 0 Å². The largest absolute Gasteiger partial charge is 0.493 e. The van der Waals surface area contributed by atoms with Gasteiger partial charge >= 0.3 is 0 Å². The van der Waals surface area contributed by atoms with E-state index in [4.69, 9.17) is 9.47 Å². The zero-order chi connectivity index (χ0) is 14.2. The van der Waals surface area contributed by atoms with E-state index in [-0.39, 0.29) is 0 Å². The smallest absolute Gasteiger partial charge is 0.124 e. The van der Waals surface area contributed by atoms with Crippen LogP contribution >= 0.6 is 0 Å². The number of rotatable bonds is 7. The van der Waals surface area contributed by atoms with Crippen LogP contribution in [0.4, 0.5) is 0 Å². The normalized spacial score (nSPS) is 17.9. The summed E-state index contributed by atoms with van der Waals surface area (Å²) in [6, 6.07) is 8.83. The van der Waals surface area contributed by atoms with E-state index >= 15 is 0 Å². The topological polar surface area (TPSA) is 30.5 Å². The fourth-order valence-corrected chi connectivity index (χ4v) is 2.88. The van der Waals surface area contributed by atoms with Crippen LogP contribution < -0.4 is 10.1 Å². The SMILES string of the molecule is CCCOc1ccccc1C(NCC)C1CCOCC1. The predicted molar refractivity (Wildman–Crippen MR) is 82.2 cm³/mol. The molecule has 20 heavy (non-hydrogen) atoms. The molecule has 0 amide bonds. The maximum absolute atomic E-state index is 5.93. The van der Waals surface area contributed by atoms with Gasteiger partial charge in [-0.3, -0.25) is 0 Å². The van der Waals surface area contributed by atoms with Gasteiger partial charge in [0.25, 0.3) is 0 Å². The van der Waals surface area contributed by atoms with E-state index in [0.29, 0.717) is 12.0 Å². The Morgan fingerprint density at radius 2 is 2.00 bits per heavy atom. The molecule has 3 heteroatoms. The Morgan fingerprint density at radius 3 is 2.70 bits per heavy atom. The van der Waals surface area contributed by atoms with Crippen molar-refractivity contribution in [2.75, 3.05) is 26.4 Å². The Balaban J connectivity index is 2.18. The number of ether oxygens (including phenoxy) is 2. The van der Waals surface area contributed by atoms with Crippen LogP contribution in [-0.2, 0) is 4.74 Å². The molecule has 1 saturated heterocycles. The van der Waals surface area contributed by atoms with Gasteiger partial charge in [0.05, 0.1) is 6.61 Å². The molecule has 1 unspecified atom stereocenters. The van der Waals surface area contributed by atoms with Crippen molar-refractivity contribution in [2.24, 2.45) is 5.92 Å². The molecule has 0 bridgehead atoms. The summed E-state index contributed by atoms with van der Waals surface area (Å²) in [5.41, 5.74) is 1.30. The van der Waals surface area contributed by atoms with Crippen LogP contribution in [0.2, 0.25) is 0 Å². The Kier molecular flexibility index (Phi) is 6.34. The molecule has 1 fully saturated rings. The molecule has 1 atom stereocenters. The quantitative estimate of drug-likeness (QED) is 0.826. The van der Waals surface area contributed by atoms with E-state index in [2.05, 4.69) is 43.4 Å². The minimum absolute atomic E-state index is 0.372. The van der Waals surface area contributed by atoms with Crippen LogP contribution in [-0.4, -0.2) is 26.4 Å². The molecule has 1 aliphatic rings. The average Bonchev–Trinajstić information content (AvgIpc) is 2.52. The molecule has 0 aromatic heterocycles. The van der Waals surface area contributed by atoms with Crippen molar-refractivity contribution in [3.63, 3.8) is 0 Å². The Bertz CT molecular complexity index is 388. The molecule has 2 rings (SSSR count). The van der Waals surface area contributed by atoms with Gasteiger partial charge in [-0.2, -0.15) is 0 Å². The predicted octanol–water partition coefficient (Wildman–Crippen LogP) is 3.55. The van der Waals surface area contributed by atoms with Gasteiger partial charge in [-0.1, -0.05) is 32.0 Å². The zero-order valence-corrected chi connectivity index (χ0v) is 12.7. The van der Waals surface area contributed by atoms with E-state index in [0.717, 1.165) is 51.4 Å². The molecule has 1 N–H and O–H groups in total. The number of hydrogen-bond acceptors (Lipinski definition) is 3. The molecule has 3 nitrogen and oxygen atoms in total. The van der Waals surface area contributed by atoms with Crippen LogP contribution in [0.25, 0.3) is 0 Å². The van der Waals surface area contributed by atoms with Crippen molar-refractivity contribution in [3.8, 4) is 5.75 Å². The molecule has 0 radical (unpaired) electrons. The van der Waals surface area contributed by atoms with E-state index in [1.807, 2.05) is 0 Å². The van der Waals surface area contributed by atoms with E-state index in [1.54, 1.807) is 0 Å². The third-order valence-electron chi connectivity index (χ3n) is 3.88. The van der Waals surface area contributed by atoms with E-state index in [9.17, 15) is 0 Å². The summed E-state index contributed by atoms with van der Waals surface area (Å²) in [6.45, 7) is 7.83. The maximum Gasteiger partial charge on any atom is 0.124 e. The first-order chi connectivity index (χ1) is 9.86. The molecule has 1 aromatic rings. The number of benzene rings is 1. The Morgan fingerprint density at radius 1 is 1.25 bits per heavy atom. The van der Waals surface area contributed by atoms with Crippen LogP contribution in [0.1, 0.15) is 44.7 Å². The second kappa shape index (κ2) is 8.28. The second-order valence-electron chi connectivity index (χ2n) is 5.37. The first kappa shape index (κ1) is 15.3. The maximum atomic E-state index is 5.93. The van der Waals surface area contributed by atoms with Gasteiger partial charge in [-0.25, -0.2) is 0 Å². The summed E-state index contributed by atoms with van der Waals surface area (Å²) in [6.07, 6.45) is 3.29. The monoisotopic (exact) mass is 277 g/mol. The second-order valence-corrected chi connectivity index (χ2v) is 5.37. The van der Waals surface area contributed by atoms with E-state index in [1.165, 1.54) is 5.56 Å². The van der Waals surface area contributed by atoms with Crippen molar-refractivity contribution in [1.29, 1.82) is 0 Å².